The molecular formula is C14H18N2O3S. The van der Waals surface area contributed by atoms with Gasteiger partial charge in [-0.15, -0.1) is 0 Å². The maximum Gasteiger partial charge on any atom is 0.234 e. The fourth-order valence-corrected chi connectivity index (χ4v) is 3.54. The third-order valence-electron chi connectivity index (χ3n) is 3.44. The molecule has 3 N–H and O–H groups in total. The predicted molar refractivity (Wildman–Crippen MR) is 77.9 cm³/mol. The molecule has 2 atom stereocenters. The summed E-state index contributed by atoms with van der Waals surface area (Å²) in [5.41, 5.74) is 6.08. The van der Waals surface area contributed by atoms with Crippen molar-refractivity contribution >= 4 is 22.0 Å². The molecule has 2 rings (SSSR count). The zero-order valence-corrected chi connectivity index (χ0v) is 11.8. The summed E-state index contributed by atoms with van der Waals surface area (Å²) in [6.45, 7) is 0. The van der Waals surface area contributed by atoms with Crippen LogP contribution in [0.5, 0.6) is 0 Å². The average Bonchev–Trinajstić information content (AvgIpc) is 2.85. The van der Waals surface area contributed by atoms with Crippen LogP contribution in [0.1, 0.15) is 24.8 Å². The fourth-order valence-electron chi connectivity index (χ4n) is 2.42. The van der Waals surface area contributed by atoms with Crippen LogP contribution in [0.4, 0.5) is 0 Å². The van der Waals surface area contributed by atoms with Crippen LogP contribution in [-0.4, -0.2) is 20.4 Å². The molecule has 6 heteroatoms. The van der Waals surface area contributed by atoms with Gasteiger partial charge in [-0.3, -0.25) is 4.79 Å². The Morgan fingerprint density at radius 1 is 1.25 bits per heavy atom. The Kier molecular flexibility index (Phi) is 4.57. The summed E-state index contributed by atoms with van der Waals surface area (Å²) in [6, 6.07) is 8.76. The lowest BCUT2D eigenvalue weighted by molar-refractivity contribution is -0.122. The molecule has 1 aromatic rings. The van der Waals surface area contributed by atoms with Gasteiger partial charge in [0.2, 0.25) is 15.9 Å². The highest BCUT2D eigenvalue weighted by Gasteiger charge is 2.33. The van der Waals surface area contributed by atoms with Gasteiger partial charge in [0.05, 0.1) is 5.92 Å². The molecule has 0 bridgehead atoms. The molecule has 0 unspecified atom stereocenters. The Labute approximate surface area is 118 Å². The number of carbonyl (C=O) groups excluding carboxylic acids is 1. The monoisotopic (exact) mass is 294 g/mol. The van der Waals surface area contributed by atoms with Crippen LogP contribution in [-0.2, 0) is 14.8 Å². The van der Waals surface area contributed by atoms with E-state index in [2.05, 4.69) is 4.72 Å². The highest BCUT2D eigenvalue weighted by Crippen LogP contribution is 2.26. The van der Waals surface area contributed by atoms with Crippen molar-refractivity contribution in [3.8, 4) is 0 Å². The van der Waals surface area contributed by atoms with Crippen molar-refractivity contribution in [3.05, 3.63) is 41.3 Å². The zero-order chi connectivity index (χ0) is 14.6. The summed E-state index contributed by atoms with van der Waals surface area (Å²) in [6.07, 6.45) is 3.62. The molecule has 108 valence electrons. The third-order valence-corrected chi connectivity index (χ3v) is 4.56. The fraction of sp³-hybridized carbons (Fsp3) is 0.357. The first-order chi connectivity index (χ1) is 9.48. The van der Waals surface area contributed by atoms with E-state index in [4.69, 9.17) is 5.73 Å². The Morgan fingerprint density at radius 2 is 1.95 bits per heavy atom. The number of nitrogens with two attached hydrogens (primary N) is 1. The summed E-state index contributed by atoms with van der Waals surface area (Å²) in [4.78, 5) is 11.2. The van der Waals surface area contributed by atoms with E-state index in [9.17, 15) is 13.2 Å². The van der Waals surface area contributed by atoms with Crippen LogP contribution in [0.2, 0.25) is 0 Å². The molecule has 0 heterocycles. The number of hydrogen-bond donors (Lipinski definition) is 2. The van der Waals surface area contributed by atoms with E-state index in [1.807, 2.05) is 30.3 Å². The topological polar surface area (TPSA) is 89.3 Å². The van der Waals surface area contributed by atoms with E-state index in [1.54, 1.807) is 0 Å². The van der Waals surface area contributed by atoms with Gasteiger partial charge in [-0.1, -0.05) is 36.8 Å². The Balaban J connectivity index is 2.04. The van der Waals surface area contributed by atoms with Crippen molar-refractivity contribution in [2.24, 2.45) is 11.7 Å². The van der Waals surface area contributed by atoms with Crippen molar-refractivity contribution in [1.82, 2.24) is 4.72 Å². The number of primary amides is 1. The maximum absolute atomic E-state index is 12.0. The van der Waals surface area contributed by atoms with E-state index in [0.29, 0.717) is 12.8 Å². The zero-order valence-electron chi connectivity index (χ0n) is 11.0. The second kappa shape index (κ2) is 6.19. The maximum atomic E-state index is 12.0. The van der Waals surface area contributed by atoms with Crippen molar-refractivity contribution in [1.29, 1.82) is 0 Å². The van der Waals surface area contributed by atoms with Crippen LogP contribution in [0.15, 0.2) is 35.7 Å². The normalized spacial score (nSPS) is 23.2. The summed E-state index contributed by atoms with van der Waals surface area (Å²) >= 11 is 0. The summed E-state index contributed by atoms with van der Waals surface area (Å²) in [5.74, 6) is -0.850. The minimum absolute atomic E-state index is 0.391. The molecule has 20 heavy (non-hydrogen) atoms. The largest absolute Gasteiger partial charge is 0.369 e. The molecule has 0 radical (unpaired) electrons. The molecule has 5 nitrogen and oxygen atoms in total. The van der Waals surface area contributed by atoms with E-state index < -0.39 is 27.9 Å². The lowest BCUT2D eigenvalue weighted by Crippen LogP contribution is -2.41. The number of nitrogens with one attached hydrogen (secondary N) is 1. The molecule has 0 spiro atoms. The third kappa shape index (κ3) is 3.91. The smallest absolute Gasteiger partial charge is 0.234 e. The molecule has 1 aliphatic carbocycles. The molecule has 1 aromatic carbocycles. The quantitative estimate of drug-likeness (QED) is 0.856. The second-order valence-corrected chi connectivity index (χ2v) is 6.52. The number of rotatable bonds is 5. The van der Waals surface area contributed by atoms with Crippen LogP contribution >= 0.6 is 0 Å². The lowest BCUT2D eigenvalue weighted by Gasteiger charge is -2.16. The summed E-state index contributed by atoms with van der Waals surface area (Å²) in [5, 5.41) is 1.12. The van der Waals surface area contributed by atoms with Gasteiger partial charge in [-0.05, 0) is 24.5 Å². The molecule has 0 aromatic heterocycles. The minimum atomic E-state index is -3.57. The first kappa shape index (κ1) is 14.7. The highest BCUT2D eigenvalue weighted by atomic mass is 32.2. The van der Waals surface area contributed by atoms with Crippen LogP contribution in [0.25, 0.3) is 6.08 Å². The lowest BCUT2D eigenvalue weighted by atomic mass is 10.0. The molecule has 1 aliphatic rings. The van der Waals surface area contributed by atoms with Gasteiger partial charge in [-0.25, -0.2) is 13.1 Å². The van der Waals surface area contributed by atoms with E-state index in [-0.39, 0.29) is 0 Å². The average molecular weight is 294 g/mol. The van der Waals surface area contributed by atoms with Crippen LogP contribution in [0.3, 0.4) is 0 Å². The standard InChI is InChI=1S/C14H18N2O3S/c15-14(17)12-7-4-8-13(12)16-20(18,19)10-9-11-5-2-1-3-6-11/h1-3,5-6,9-10,12-13,16H,4,7-8H2,(H2,15,17)/b10-9+/t12-,13-/m0/s1. The second-order valence-electron chi connectivity index (χ2n) is 4.92. The summed E-state index contributed by atoms with van der Waals surface area (Å²) in [7, 11) is -3.57. The number of carbonyl (C=O) groups is 1. The van der Waals surface area contributed by atoms with Gasteiger partial charge >= 0.3 is 0 Å². The summed E-state index contributed by atoms with van der Waals surface area (Å²) < 4.78 is 26.5. The van der Waals surface area contributed by atoms with Gasteiger partial charge in [0.1, 0.15) is 0 Å². The Hall–Kier alpha value is -1.66. The SMILES string of the molecule is NC(=O)[C@H]1CCC[C@@H]1NS(=O)(=O)/C=C/c1ccccc1. The van der Waals surface area contributed by atoms with Crippen molar-refractivity contribution in [2.45, 2.75) is 25.3 Å². The van der Waals surface area contributed by atoms with Crippen molar-refractivity contribution < 1.29 is 13.2 Å². The van der Waals surface area contributed by atoms with Crippen LogP contribution in [0, 0.1) is 5.92 Å². The molecule has 1 amide bonds. The number of benzene rings is 1. The molecular weight excluding hydrogens is 276 g/mol. The van der Waals surface area contributed by atoms with E-state index in [1.165, 1.54) is 6.08 Å². The van der Waals surface area contributed by atoms with Gasteiger partial charge in [0, 0.05) is 11.4 Å². The molecule has 1 saturated carbocycles. The Morgan fingerprint density at radius 3 is 2.60 bits per heavy atom. The first-order valence-corrected chi connectivity index (χ1v) is 8.07. The number of amides is 1. The van der Waals surface area contributed by atoms with E-state index in [0.717, 1.165) is 17.4 Å². The molecule has 0 aliphatic heterocycles. The molecule has 1 fully saturated rings. The van der Waals surface area contributed by atoms with Gasteiger partial charge in [0.15, 0.2) is 0 Å². The van der Waals surface area contributed by atoms with Crippen molar-refractivity contribution in [3.63, 3.8) is 0 Å². The minimum Gasteiger partial charge on any atom is -0.369 e. The van der Waals surface area contributed by atoms with Crippen molar-refractivity contribution in [2.75, 3.05) is 0 Å². The highest BCUT2D eigenvalue weighted by molar-refractivity contribution is 7.92. The number of hydrogen-bond acceptors (Lipinski definition) is 3. The van der Waals surface area contributed by atoms with E-state index >= 15 is 0 Å². The number of sulfonamides is 1. The molecule has 0 saturated heterocycles. The predicted octanol–water partition coefficient (Wildman–Crippen LogP) is 1.23. The van der Waals surface area contributed by atoms with Crippen LogP contribution < -0.4 is 10.5 Å². The van der Waals surface area contributed by atoms with Gasteiger partial charge in [0.25, 0.3) is 0 Å². The first-order valence-electron chi connectivity index (χ1n) is 6.53. The van der Waals surface area contributed by atoms with Gasteiger partial charge < -0.3 is 5.73 Å². The Bertz CT molecular complexity index is 596. The van der Waals surface area contributed by atoms with Gasteiger partial charge in [-0.2, -0.15) is 0 Å².